The molecule has 1 heterocycles. The summed E-state index contributed by atoms with van der Waals surface area (Å²) in [5, 5.41) is 29.8. The monoisotopic (exact) mass is 542 g/mol. The number of hydrogen-bond donors (Lipinski definition) is 3. The van der Waals surface area contributed by atoms with E-state index in [9.17, 15) is 20.1 Å². The van der Waals surface area contributed by atoms with Crippen molar-refractivity contribution in [2.24, 2.45) is 11.8 Å². The molecular formula is C29H35ClN2O6. The molecule has 1 aliphatic carbocycles. The molecule has 1 saturated carbocycles. The number of aromatic hydroxyl groups is 2. The maximum absolute atomic E-state index is 11.5. The third-order valence-electron chi connectivity index (χ3n) is 7.40. The first-order chi connectivity index (χ1) is 18.2. The van der Waals surface area contributed by atoms with E-state index in [1.807, 2.05) is 42.5 Å². The van der Waals surface area contributed by atoms with Gasteiger partial charge in [-0.1, -0.05) is 29.8 Å². The Bertz CT molecular complexity index is 1210. The van der Waals surface area contributed by atoms with Crippen molar-refractivity contribution in [1.29, 1.82) is 0 Å². The summed E-state index contributed by atoms with van der Waals surface area (Å²) in [7, 11) is 1.59. The number of aliphatic carboxylic acids is 1. The van der Waals surface area contributed by atoms with Gasteiger partial charge in [-0.3, -0.25) is 14.3 Å². The number of carboxylic acids is 1. The topological polar surface area (TPSA) is 104 Å². The molecule has 0 bridgehead atoms. The average Bonchev–Trinajstić information content (AvgIpc) is 3.51. The van der Waals surface area contributed by atoms with Crippen LogP contribution in [-0.4, -0.2) is 51.0 Å². The van der Waals surface area contributed by atoms with Crippen molar-refractivity contribution < 1.29 is 29.6 Å². The summed E-state index contributed by atoms with van der Waals surface area (Å²) in [5.74, 6) is 0.457. The first-order valence-corrected chi connectivity index (χ1v) is 13.2. The number of rotatable bonds is 12. The second-order valence-electron chi connectivity index (χ2n) is 9.91. The molecule has 0 radical (unpaired) electrons. The zero-order valence-corrected chi connectivity index (χ0v) is 22.5. The summed E-state index contributed by atoms with van der Waals surface area (Å²) in [5.41, 5.74) is 2.19. The Balaban J connectivity index is 1.47. The summed E-state index contributed by atoms with van der Waals surface area (Å²) in [6.45, 7) is 4.11. The van der Waals surface area contributed by atoms with Crippen LogP contribution in [0.4, 0.5) is 0 Å². The molecule has 3 aromatic rings. The lowest BCUT2D eigenvalue weighted by atomic mass is 10.0. The van der Waals surface area contributed by atoms with E-state index < -0.39 is 5.97 Å². The molecule has 0 unspecified atom stereocenters. The summed E-state index contributed by atoms with van der Waals surface area (Å²) in [6.07, 6.45) is 2.33. The van der Waals surface area contributed by atoms with Crippen LogP contribution in [0.15, 0.2) is 54.6 Å². The Morgan fingerprint density at radius 1 is 1.08 bits per heavy atom. The van der Waals surface area contributed by atoms with Crippen molar-refractivity contribution in [1.82, 2.24) is 9.47 Å². The zero-order valence-electron chi connectivity index (χ0n) is 21.7. The molecule has 9 heteroatoms. The number of aromatic nitrogens is 1. The first kappa shape index (κ1) is 27.7. The van der Waals surface area contributed by atoms with Crippen LogP contribution >= 0.6 is 11.6 Å². The maximum atomic E-state index is 11.5. The van der Waals surface area contributed by atoms with Gasteiger partial charge in [-0.2, -0.15) is 0 Å². The van der Waals surface area contributed by atoms with Gasteiger partial charge < -0.3 is 24.8 Å². The molecule has 0 saturated heterocycles. The molecule has 38 heavy (non-hydrogen) atoms. The first-order valence-electron chi connectivity index (χ1n) is 12.8. The number of carbonyl (C=O) groups is 1. The zero-order chi connectivity index (χ0) is 27.2. The highest BCUT2D eigenvalue weighted by Crippen LogP contribution is 2.35. The third-order valence-corrected chi connectivity index (χ3v) is 7.66. The molecule has 204 valence electrons. The normalized spacial score (nSPS) is 18.0. The predicted molar refractivity (Wildman–Crippen MR) is 145 cm³/mol. The van der Waals surface area contributed by atoms with Crippen LogP contribution in [0.5, 0.6) is 23.3 Å². The largest absolute Gasteiger partial charge is 0.494 e. The molecule has 1 aromatic heterocycles. The van der Waals surface area contributed by atoms with Crippen molar-refractivity contribution in [2.45, 2.75) is 45.3 Å². The molecule has 2 aromatic carbocycles. The van der Waals surface area contributed by atoms with Gasteiger partial charge in [0.15, 0.2) is 23.3 Å². The fourth-order valence-electron chi connectivity index (χ4n) is 5.19. The fourth-order valence-corrected chi connectivity index (χ4v) is 5.32. The van der Waals surface area contributed by atoms with Gasteiger partial charge in [0.1, 0.15) is 6.61 Å². The van der Waals surface area contributed by atoms with Gasteiger partial charge >= 0.3 is 5.97 Å². The minimum absolute atomic E-state index is 0.0275. The van der Waals surface area contributed by atoms with Gasteiger partial charge in [-0.05, 0) is 67.5 Å². The molecule has 1 fully saturated rings. The van der Waals surface area contributed by atoms with Crippen LogP contribution in [-0.2, 0) is 17.9 Å². The molecule has 8 nitrogen and oxygen atoms in total. The number of nitrogens with zero attached hydrogens (tertiary/aromatic N) is 2. The molecule has 4 rings (SSSR count). The summed E-state index contributed by atoms with van der Waals surface area (Å²) in [6, 6.07) is 16.6. The number of benzene rings is 2. The summed E-state index contributed by atoms with van der Waals surface area (Å²) < 4.78 is 12.9. The summed E-state index contributed by atoms with van der Waals surface area (Å²) in [4.78, 5) is 13.9. The number of ether oxygens (including phenoxy) is 2. The second kappa shape index (κ2) is 12.5. The SMILES string of the molecule is COc1cc(CN(C[C@@H]2CC[C@H](C(=O)O)C2)[C@@H](C)c2ccc(Cl)cc2)ccc1OCCn1c(O)ccc1O. The van der Waals surface area contributed by atoms with Gasteiger partial charge in [0, 0.05) is 36.3 Å². The maximum Gasteiger partial charge on any atom is 0.306 e. The van der Waals surface area contributed by atoms with Crippen LogP contribution in [0.2, 0.25) is 5.02 Å². The van der Waals surface area contributed by atoms with Crippen LogP contribution in [0.25, 0.3) is 0 Å². The van der Waals surface area contributed by atoms with E-state index >= 15 is 0 Å². The van der Waals surface area contributed by atoms with Gasteiger partial charge in [-0.15, -0.1) is 0 Å². The van der Waals surface area contributed by atoms with Crippen molar-refractivity contribution in [3.05, 3.63) is 70.7 Å². The summed E-state index contributed by atoms with van der Waals surface area (Å²) >= 11 is 6.12. The standard InChI is InChI=1S/C29H35ClN2O6/c1-19(22-6-8-24(30)9-7-22)31(17-20-3-5-23(15-20)29(35)36)18-21-4-10-25(26(16-21)37-2)38-14-13-32-27(33)11-12-28(32)34/h4,6-12,16,19-20,23,33-34H,3,5,13-15,17-18H2,1-2H3,(H,35,36)/t19-,20+,23-/m0/s1. The van der Waals surface area contributed by atoms with Crippen LogP contribution < -0.4 is 9.47 Å². The van der Waals surface area contributed by atoms with E-state index in [-0.39, 0.29) is 36.9 Å². The van der Waals surface area contributed by atoms with Gasteiger partial charge in [0.05, 0.1) is 19.6 Å². The van der Waals surface area contributed by atoms with Gasteiger partial charge in [0.2, 0.25) is 0 Å². The van der Waals surface area contributed by atoms with Crippen molar-refractivity contribution in [3.8, 4) is 23.3 Å². The number of carboxylic acid groups (broad SMARTS) is 1. The lowest BCUT2D eigenvalue weighted by Crippen LogP contribution is -2.31. The predicted octanol–water partition coefficient (Wildman–Crippen LogP) is 5.70. The highest BCUT2D eigenvalue weighted by Gasteiger charge is 2.32. The molecule has 3 N–H and O–H groups in total. The quantitative estimate of drug-likeness (QED) is 0.269. The van der Waals surface area contributed by atoms with E-state index in [4.69, 9.17) is 21.1 Å². The number of hydrogen-bond acceptors (Lipinski definition) is 6. The highest BCUT2D eigenvalue weighted by atomic mass is 35.5. The van der Waals surface area contributed by atoms with Crippen LogP contribution in [0, 0.1) is 11.8 Å². The smallest absolute Gasteiger partial charge is 0.306 e. The lowest BCUT2D eigenvalue weighted by Gasteiger charge is -2.32. The highest BCUT2D eigenvalue weighted by molar-refractivity contribution is 6.30. The van der Waals surface area contributed by atoms with E-state index in [0.717, 1.165) is 30.5 Å². The molecule has 0 aliphatic heterocycles. The fraction of sp³-hybridized carbons (Fsp3) is 0.414. The molecule has 3 atom stereocenters. The van der Waals surface area contributed by atoms with Crippen molar-refractivity contribution in [2.75, 3.05) is 20.3 Å². The molecule has 0 spiro atoms. The van der Waals surface area contributed by atoms with E-state index in [2.05, 4.69) is 11.8 Å². The Labute approximate surface area is 228 Å². The minimum atomic E-state index is -0.702. The third kappa shape index (κ3) is 6.74. The Morgan fingerprint density at radius 2 is 1.79 bits per heavy atom. The minimum Gasteiger partial charge on any atom is -0.494 e. The number of halogens is 1. The van der Waals surface area contributed by atoms with E-state index in [0.29, 0.717) is 35.4 Å². The second-order valence-corrected chi connectivity index (χ2v) is 10.3. The van der Waals surface area contributed by atoms with Crippen LogP contribution in [0.3, 0.4) is 0 Å². The van der Waals surface area contributed by atoms with Crippen molar-refractivity contribution in [3.63, 3.8) is 0 Å². The lowest BCUT2D eigenvalue weighted by molar-refractivity contribution is -0.141. The Hall–Kier alpha value is -3.36. The van der Waals surface area contributed by atoms with E-state index in [1.54, 1.807) is 7.11 Å². The Morgan fingerprint density at radius 3 is 2.42 bits per heavy atom. The van der Waals surface area contributed by atoms with Crippen molar-refractivity contribution >= 4 is 17.6 Å². The van der Waals surface area contributed by atoms with Crippen LogP contribution in [0.1, 0.15) is 43.4 Å². The van der Waals surface area contributed by atoms with Gasteiger partial charge in [-0.25, -0.2) is 0 Å². The molecular weight excluding hydrogens is 508 g/mol. The number of methoxy groups -OCH3 is 1. The van der Waals surface area contributed by atoms with Gasteiger partial charge in [0.25, 0.3) is 0 Å². The molecule has 0 amide bonds. The average molecular weight is 543 g/mol. The van der Waals surface area contributed by atoms with E-state index in [1.165, 1.54) is 16.7 Å². The molecule has 1 aliphatic rings. The Kier molecular flexibility index (Phi) is 9.07.